The molecule has 2 aromatic heterocycles. The van der Waals surface area contributed by atoms with Crippen molar-refractivity contribution in [2.45, 2.75) is 11.2 Å². The number of aromatic nitrogens is 3. The first-order valence-electron chi connectivity index (χ1n) is 8.55. The van der Waals surface area contributed by atoms with Crippen LogP contribution in [-0.2, 0) is 11.0 Å². The number of carbonyl (C=O) groups is 1. The van der Waals surface area contributed by atoms with E-state index in [0.717, 1.165) is 16.5 Å². The molecule has 0 aliphatic rings. The van der Waals surface area contributed by atoms with E-state index in [1.165, 1.54) is 17.4 Å². The van der Waals surface area contributed by atoms with Gasteiger partial charge in [0.15, 0.2) is 5.13 Å². The third kappa shape index (κ3) is 4.31. The van der Waals surface area contributed by atoms with E-state index < -0.39 is 17.9 Å². The standard InChI is InChI=1S/C19H13F3N4O2S2/c1-28-10-6-7-13-14(8-10)30-18(24-13)25-15(27)9-29-16-11-4-2-3-5-12(11)23-17(26-16)19(20,21)22/h2-8H,9H2,1H3,(H,24,25,27). The maximum Gasteiger partial charge on any atom is 0.451 e. The number of hydrogen-bond donors (Lipinski definition) is 1. The summed E-state index contributed by atoms with van der Waals surface area (Å²) < 4.78 is 45.3. The highest BCUT2D eigenvalue weighted by atomic mass is 32.2. The Balaban J connectivity index is 1.52. The van der Waals surface area contributed by atoms with Crippen LogP contribution in [0.25, 0.3) is 21.1 Å². The normalized spacial score (nSPS) is 11.7. The third-order valence-electron chi connectivity index (χ3n) is 4.00. The second kappa shape index (κ2) is 8.07. The Labute approximate surface area is 176 Å². The lowest BCUT2D eigenvalue weighted by molar-refractivity contribution is -0.145. The number of nitrogens with one attached hydrogen (secondary N) is 1. The Morgan fingerprint density at radius 3 is 2.70 bits per heavy atom. The average molecular weight is 450 g/mol. The van der Waals surface area contributed by atoms with Gasteiger partial charge in [0, 0.05) is 5.39 Å². The molecule has 11 heteroatoms. The lowest BCUT2D eigenvalue weighted by Gasteiger charge is -2.10. The van der Waals surface area contributed by atoms with Crippen LogP contribution in [0.5, 0.6) is 5.75 Å². The number of para-hydroxylation sites is 1. The van der Waals surface area contributed by atoms with Crippen LogP contribution in [0.4, 0.5) is 18.3 Å². The molecule has 2 heterocycles. The van der Waals surface area contributed by atoms with Gasteiger partial charge in [0.05, 0.1) is 28.6 Å². The van der Waals surface area contributed by atoms with E-state index in [0.29, 0.717) is 21.8 Å². The summed E-state index contributed by atoms with van der Waals surface area (Å²) in [6.07, 6.45) is -4.68. The van der Waals surface area contributed by atoms with Gasteiger partial charge in [0.2, 0.25) is 11.7 Å². The second-order valence-corrected chi connectivity index (χ2v) is 8.05. The maximum absolute atomic E-state index is 13.1. The first-order chi connectivity index (χ1) is 14.3. The molecule has 0 aliphatic carbocycles. The molecule has 154 valence electrons. The molecule has 4 rings (SSSR count). The molecule has 1 amide bonds. The van der Waals surface area contributed by atoms with Crippen molar-refractivity contribution >= 4 is 55.3 Å². The molecule has 0 spiro atoms. The van der Waals surface area contributed by atoms with Crippen LogP contribution in [0.3, 0.4) is 0 Å². The molecule has 0 aliphatic heterocycles. The highest BCUT2D eigenvalue weighted by Crippen LogP contribution is 2.33. The summed E-state index contributed by atoms with van der Waals surface area (Å²) >= 11 is 2.19. The fourth-order valence-electron chi connectivity index (χ4n) is 2.66. The number of ether oxygens (including phenoxy) is 1. The van der Waals surface area contributed by atoms with Crippen molar-refractivity contribution in [3.05, 3.63) is 48.3 Å². The molecule has 0 bridgehead atoms. The number of benzene rings is 2. The minimum absolute atomic E-state index is 0.0945. The third-order valence-corrected chi connectivity index (χ3v) is 5.93. The number of halogens is 3. The van der Waals surface area contributed by atoms with Crippen LogP contribution >= 0.6 is 23.1 Å². The van der Waals surface area contributed by atoms with Crippen LogP contribution in [-0.4, -0.2) is 33.7 Å². The highest BCUT2D eigenvalue weighted by Gasteiger charge is 2.35. The Hall–Kier alpha value is -2.92. The van der Waals surface area contributed by atoms with Crippen LogP contribution in [0.15, 0.2) is 47.5 Å². The van der Waals surface area contributed by atoms with Gasteiger partial charge >= 0.3 is 6.18 Å². The van der Waals surface area contributed by atoms with Gasteiger partial charge in [-0.1, -0.05) is 41.3 Å². The molecule has 6 nitrogen and oxygen atoms in total. The number of thioether (sulfide) groups is 1. The molecule has 0 radical (unpaired) electrons. The summed E-state index contributed by atoms with van der Waals surface area (Å²) in [5, 5.41) is 3.62. The monoisotopic (exact) mass is 450 g/mol. The van der Waals surface area contributed by atoms with Gasteiger partial charge in [-0.05, 0) is 24.3 Å². The number of alkyl halides is 3. The van der Waals surface area contributed by atoms with E-state index in [2.05, 4.69) is 20.3 Å². The van der Waals surface area contributed by atoms with Gasteiger partial charge in [0.25, 0.3) is 0 Å². The summed E-state index contributed by atoms with van der Waals surface area (Å²) in [5.41, 5.74) is 0.878. The number of nitrogens with zero attached hydrogens (tertiary/aromatic N) is 3. The molecule has 0 unspecified atom stereocenters. The van der Waals surface area contributed by atoms with Crippen LogP contribution in [0.2, 0.25) is 0 Å². The van der Waals surface area contributed by atoms with E-state index >= 15 is 0 Å². The minimum atomic E-state index is -4.68. The van der Waals surface area contributed by atoms with E-state index in [1.54, 1.807) is 37.4 Å². The fraction of sp³-hybridized carbons (Fsp3) is 0.158. The Morgan fingerprint density at radius 2 is 1.93 bits per heavy atom. The minimum Gasteiger partial charge on any atom is -0.497 e. The van der Waals surface area contributed by atoms with E-state index in [1.807, 2.05) is 6.07 Å². The highest BCUT2D eigenvalue weighted by molar-refractivity contribution is 8.00. The SMILES string of the molecule is COc1ccc2nc(NC(=O)CSc3nc(C(F)(F)F)nc4ccccc34)sc2c1. The molecule has 0 fully saturated rings. The Bertz CT molecular complexity index is 1240. The number of hydrogen-bond acceptors (Lipinski definition) is 7. The smallest absolute Gasteiger partial charge is 0.451 e. The molecule has 4 aromatic rings. The van der Waals surface area contributed by atoms with Crippen LogP contribution < -0.4 is 10.1 Å². The van der Waals surface area contributed by atoms with Gasteiger partial charge in [-0.2, -0.15) is 13.2 Å². The average Bonchev–Trinajstić information content (AvgIpc) is 3.12. The van der Waals surface area contributed by atoms with Crippen molar-refractivity contribution in [1.82, 2.24) is 15.0 Å². The van der Waals surface area contributed by atoms with Gasteiger partial charge in [-0.3, -0.25) is 4.79 Å². The van der Waals surface area contributed by atoms with Crippen molar-refractivity contribution in [3.8, 4) is 5.75 Å². The number of carbonyl (C=O) groups excluding carboxylic acids is 1. The number of amides is 1. The zero-order valence-electron chi connectivity index (χ0n) is 15.4. The molecule has 0 saturated carbocycles. The van der Waals surface area contributed by atoms with Crippen molar-refractivity contribution in [2.24, 2.45) is 0 Å². The zero-order chi connectivity index (χ0) is 21.3. The summed E-state index contributed by atoms with van der Waals surface area (Å²) in [6.45, 7) is 0. The summed E-state index contributed by atoms with van der Waals surface area (Å²) in [7, 11) is 1.56. The molecule has 30 heavy (non-hydrogen) atoms. The largest absolute Gasteiger partial charge is 0.497 e. The van der Waals surface area contributed by atoms with Crippen molar-refractivity contribution < 1.29 is 22.7 Å². The first kappa shape index (κ1) is 20.4. The fourth-order valence-corrected chi connectivity index (χ4v) is 4.39. The predicted molar refractivity (Wildman–Crippen MR) is 110 cm³/mol. The van der Waals surface area contributed by atoms with Crippen molar-refractivity contribution in [1.29, 1.82) is 0 Å². The molecule has 1 N–H and O–H groups in total. The van der Waals surface area contributed by atoms with Crippen LogP contribution in [0, 0.1) is 0 Å². The lowest BCUT2D eigenvalue weighted by atomic mass is 10.2. The number of thiazole rings is 1. The Kier molecular flexibility index (Phi) is 5.48. The van der Waals surface area contributed by atoms with E-state index in [4.69, 9.17) is 4.74 Å². The van der Waals surface area contributed by atoms with Gasteiger partial charge in [0.1, 0.15) is 10.8 Å². The predicted octanol–water partition coefficient (Wildman–Crippen LogP) is 5.00. The zero-order valence-corrected chi connectivity index (χ0v) is 17.0. The number of rotatable bonds is 5. The number of anilines is 1. The van der Waals surface area contributed by atoms with Gasteiger partial charge < -0.3 is 10.1 Å². The molecular formula is C19H13F3N4O2S2. The van der Waals surface area contributed by atoms with E-state index in [9.17, 15) is 18.0 Å². The summed E-state index contributed by atoms with van der Waals surface area (Å²) in [4.78, 5) is 23.9. The number of fused-ring (bicyclic) bond motifs is 2. The van der Waals surface area contributed by atoms with Gasteiger partial charge in [-0.25, -0.2) is 15.0 Å². The second-order valence-electron chi connectivity index (χ2n) is 6.06. The molecule has 0 saturated heterocycles. The van der Waals surface area contributed by atoms with Crippen molar-refractivity contribution in [2.75, 3.05) is 18.2 Å². The lowest BCUT2D eigenvalue weighted by Crippen LogP contribution is -2.15. The van der Waals surface area contributed by atoms with Gasteiger partial charge in [-0.15, -0.1) is 0 Å². The first-order valence-corrected chi connectivity index (χ1v) is 10.3. The maximum atomic E-state index is 13.1. The molecule has 0 atom stereocenters. The topological polar surface area (TPSA) is 77.0 Å². The van der Waals surface area contributed by atoms with E-state index in [-0.39, 0.29) is 16.3 Å². The Morgan fingerprint density at radius 1 is 1.13 bits per heavy atom. The van der Waals surface area contributed by atoms with Crippen LogP contribution in [0.1, 0.15) is 5.82 Å². The summed E-state index contributed by atoms with van der Waals surface area (Å²) in [5.74, 6) is -1.08. The summed E-state index contributed by atoms with van der Waals surface area (Å²) in [6, 6.07) is 11.7. The van der Waals surface area contributed by atoms with Crippen molar-refractivity contribution in [3.63, 3.8) is 0 Å². The number of methoxy groups -OCH3 is 1. The molecule has 2 aromatic carbocycles. The quantitative estimate of drug-likeness (QED) is 0.341. The molecular weight excluding hydrogens is 437 g/mol.